The molecule has 0 aliphatic rings. The van der Waals surface area contributed by atoms with Crippen molar-refractivity contribution >= 4 is 0 Å². The molecule has 0 amide bonds. The van der Waals surface area contributed by atoms with Gasteiger partial charge in [0.2, 0.25) is 0 Å². The van der Waals surface area contributed by atoms with E-state index >= 15 is 0 Å². The zero-order valence-electron chi connectivity index (χ0n) is 4.96. The van der Waals surface area contributed by atoms with Crippen LogP contribution in [0.1, 0.15) is 0 Å². The number of nitrogens with two attached hydrogens (primary N) is 2. The van der Waals surface area contributed by atoms with Gasteiger partial charge in [-0.05, 0) is 0 Å². The summed E-state index contributed by atoms with van der Waals surface area (Å²) in [6.07, 6.45) is 0. The van der Waals surface area contributed by atoms with E-state index in [0.29, 0.717) is 0 Å². The van der Waals surface area contributed by atoms with Crippen LogP contribution in [-0.4, -0.2) is 0 Å². The Bertz CT molecular complexity index is 14.9. The van der Waals surface area contributed by atoms with E-state index in [4.69, 9.17) is 3.88 Å². The Morgan fingerprint density at radius 3 is 0.714 bits per heavy atom. The van der Waals surface area contributed by atoms with Gasteiger partial charge >= 0.3 is 22.1 Å². The first kappa shape index (κ1) is 178. The Hall–Kier alpha value is 0.266. The van der Waals surface area contributed by atoms with E-state index in [-0.39, 0.29) is 34.6 Å². The molecule has 0 aliphatic heterocycles. The third-order valence-corrected chi connectivity index (χ3v) is 0. The van der Waals surface area contributed by atoms with E-state index < -0.39 is 0 Å². The fourth-order valence-electron chi connectivity index (χ4n) is 0. The average Bonchev–Trinajstić information content (AvgIpc) is 1.00. The Balaban J connectivity index is -0.000000000500. The zero-order chi connectivity index (χ0) is 2.00. The van der Waals surface area contributed by atoms with Crippen LogP contribution in [0.4, 0.5) is 0 Å². The van der Waals surface area contributed by atoms with Gasteiger partial charge in [-0.25, -0.2) is 0 Å². The molecule has 0 saturated carbocycles. The number of rotatable bonds is 0. The molecule has 0 radical (unpaired) electrons. The Morgan fingerprint density at radius 1 is 0.714 bits per heavy atom. The number of hydrogen-bond acceptors (Lipinski definition) is 1. The molecule has 0 fully saturated rings. The summed E-state index contributed by atoms with van der Waals surface area (Å²) in [6.45, 7) is 0. The molecule has 3 nitrogen and oxygen atoms in total. The third-order valence-electron chi connectivity index (χ3n) is 0. The minimum atomic E-state index is 0. The summed E-state index contributed by atoms with van der Waals surface area (Å²) < 4.78 is 7.03. The molecule has 0 aromatic heterocycles. The molecule has 0 aromatic rings. The van der Waals surface area contributed by atoms with Gasteiger partial charge in [-0.1, -0.05) is 0 Å². The van der Waals surface area contributed by atoms with Crippen molar-refractivity contribution < 1.29 is 18.2 Å². The van der Waals surface area contributed by atoms with Crippen LogP contribution in [0.25, 0.3) is 12.3 Å². The Labute approximate surface area is 57.2 Å². The number of nitrogens with zero attached hydrogens (tertiary/aromatic N) is 1. The molecule has 0 atom stereocenters. The van der Waals surface area contributed by atoms with Crippen LogP contribution in [0.3, 0.4) is 0 Å². The van der Waals surface area contributed by atoms with Crippen molar-refractivity contribution in [3.8, 4) is 0 Å². The maximum absolute atomic E-state index is 7.03. The van der Waals surface area contributed by atoms with Crippen molar-refractivity contribution in [3.05, 3.63) is 34.6 Å². The van der Waals surface area contributed by atoms with Gasteiger partial charge in [-0.2, -0.15) is 0 Å². The molecule has 0 aliphatic carbocycles. The van der Waals surface area contributed by atoms with Crippen LogP contribution in [0, 0.1) is 26.2 Å². The molecular formula is C3H13N3Os-5. The van der Waals surface area contributed by atoms with Crippen molar-refractivity contribution in [1.82, 2.24) is 0 Å². The molecule has 0 heterocycles. The van der Waals surface area contributed by atoms with Gasteiger partial charge < -0.3 is 34.6 Å². The molecule has 0 unspecified atom stereocenters. The predicted octanol–water partition coefficient (Wildman–Crippen LogP) is 2.80. The van der Waals surface area contributed by atoms with Gasteiger partial charge in [0.25, 0.3) is 0 Å². The molecular weight excluding hydrogens is 268 g/mol. The van der Waals surface area contributed by atoms with E-state index in [1.165, 1.54) is 0 Å². The summed E-state index contributed by atoms with van der Waals surface area (Å²) in [6, 6.07) is 0. The fraction of sp³-hybridized carbons (Fsp3) is 0. The monoisotopic (exact) mass is 283 g/mol. The SMILES string of the molecule is [CH3-].[CH3-].[CH3-].[NH2-].[NH2-].[N]#[Os]. The van der Waals surface area contributed by atoms with Crippen LogP contribution >= 0.6 is 0 Å². The van der Waals surface area contributed by atoms with Crippen LogP contribution in [0.5, 0.6) is 0 Å². The van der Waals surface area contributed by atoms with Crippen molar-refractivity contribution in [2.45, 2.75) is 0 Å². The van der Waals surface area contributed by atoms with E-state index in [1.807, 2.05) is 0 Å². The van der Waals surface area contributed by atoms with Gasteiger partial charge in [0.15, 0.2) is 0 Å². The van der Waals surface area contributed by atoms with Crippen LogP contribution in [-0.2, 0) is 18.2 Å². The molecule has 0 saturated heterocycles. The summed E-state index contributed by atoms with van der Waals surface area (Å²) in [7, 11) is 0. The molecule has 0 aromatic carbocycles. The van der Waals surface area contributed by atoms with E-state index in [9.17, 15) is 0 Å². The summed E-state index contributed by atoms with van der Waals surface area (Å²) in [5.41, 5.74) is 0. The molecule has 0 bridgehead atoms. The van der Waals surface area contributed by atoms with Crippen LogP contribution in [0.2, 0.25) is 0 Å². The maximum atomic E-state index is 7.03. The zero-order valence-corrected chi connectivity index (χ0v) is 7.50. The van der Waals surface area contributed by atoms with Crippen molar-refractivity contribution in [3.63, 3.8) is 0 Å². The van der Waals surface area contributed by atoms with Crippen LogP contribution in [0.15, 0.2) is 0 Å². The van der Waals surface area contributed by atoms with Gasteiger partial charge in [0.1, 0.15) is 0 Å². The first-order chi connectivity index (χ1) is 1.00. The predicted molar refractivity (Wildman–Crippen MR) is 31.5 cm³/mol. The normalized spacial score (nSPS) is 0.429. The molecule has 0 spiro atoms. The van der Waals surface area contributed by atoms with E-state index in [2.05, 4.69) is 0 Å². The quantitative estimate of drug-likeness (QED) is 0.627. The minimum absolute atomic E-state index is 0. The second-order valence-corrected chi connectivity index (χ2v) is 0. The molecule has 0 rings (SSSR count). The first-order valence-electron chi connectivity index (χ1n) is 0.158. The average molecular weight is 281 g/mol. The second kappa shape index (κ2) is 2450. The van der Waals surface area contributed by atoms with Crippen molar-refractivity contribution in [2.75, 3.05) is 0 Å². The van der Waals surface area contributed by atoms with Crippen molar-refractivity contribution in [1.29, 1.82) is 3.88 Å². The standard InChI is InChI=1S/3CH3.2H2N.N.Os/h3*1H3;2*1H2;;/q5*-1;;. The summed E-state index contributed by atoms with van der Waals surface area (Å²) in [4.78, 5) is 0. The van der Waals surface area contributed by atoms with Crippen LogP contribution < -0.4 is 0 Å². The first-order valence-corrected chi connectivity index (χ1v) is 1.29. The Morgan fingerprint density at radius 2 is 0.714 bits per heavy atom. The number of hydrogen-bond donors (Lipinski definition) is 0. The van der Waals surface area contributed by atoms with E-state index in [1.54, 1.807) is 0 Å². The second-order valence-electron chi connectivity index (χ2n) is 0. The summed E-state index contributed by atoms with van der Waals surface area (Å²) in [5.74, 6) is 0. The van der Waals surface area contributed by atoms with Crippen molar-refractivity contribution in [2.24, 2.45) is 0 Å². The van der Waals surface area contributed by atoms with Gasteiger partial charge in [-0.3, -0.25) is 0 Å². The van der Waals surface area contributed by atoms with Gasteiger partial charge in [-0.15, -0.1) is 0 Å². The molecule has 53 valence electrons. The topological polar surface area (TPSA) is 90.8 Å². The molecule has 4 heteroatoms. The Kier molecular flexibility index (Phi) is 62300. The summed E-state index contributed by atoms with van der Waals surface area (Å²) >= 11 is 0.861. The summed E-state index contributed by atoms with van der Waals surface area (Å²) in [5, 5.41) is 0. The molecule has 4 N–H and O–H groups in total. The molecule has 7 heavy (non-hydrogen) atoms. The van der Waals surface area contributed by atoms with E-state index in [0.717, 1.165) is 18.2 Å². The third kappa shape index (κ3) is 1610. The van der Waals surface area contributed by atoms with Gasteiger partial charge in [0.05, 0.1) is 0 Å². The van der Waals surface area contributed by atoms with Gasteiger partial charge in [0, 0.05) is 0 Å². The fourth-order valence-corrected chi connectivity index (χ4v) is 0.